The maximum Gasteiger partial charge on any atom is 0.0988 e. The molecule has 170 valence electrons. The van der Waals surface area contributed by atoms with E-state index in [1.54, 1.807) is 6.08 Å². The maximum atomic E-state index is 9.34. The molecule has 1 aliphatic carbocycles. The summed E-state index contributed by atoms with van der Waals surface area (Å²) in [6.07, 6.45) is 4.26. The molecular weight excluding hydrogens is 434 g/mol. The van der Waals surface area contributed by atoms with E-state index in [0.29, 0.717) is 12.0 Å². The molecule has 0 saturated heterocycles. The van der Waals surface area contributed by atoms with Gasteiger partial charge in [0.15, 0.2) is 0 Å². The lowest BCUT2D eigenvalue weighted by Gasteiger charge is -2.34. The molecule has 1 aliphatic rings. The third-order valence-corrected chi connectivity index (χ3v) is 7.41. The van der Waals surface area contributed by atoms with Crippen LogP contribution in [0, 0.1) is 11.3 Å². The van der Waals surface area contributed by atoms with E-state index in [-0.39, 0.29) is 0 Å². The van der Waals surface area contributed by atoms with Gasteiger partial charge in [0.2, 0.25) is 0 Å². The van der Waals surface area contributed by atoms with Crippen molar-refractivity contribution in [3.8, 4) is 17.2 Å². The van der Waals surface area contributed by atoms with Crippen LogP contribution in [0.4, 0.5) is 0 Å². The van der Waals surface area contributed by atoms with E-state index in [9.17, 15) is 5.26 Å². The molecule has 0 unspecified atom stereocenters. The van der Waals surface area contributed by atoms with E-state index in [1.165, 1.54) is 49.7 Å². The fourth-order valence-corrected chi connectivity index (χ4v) is 5.84. The van der Waals surface area contributed by atoms with Crippen molar-refractivity contribution in [1.29, 1.82) is 5.26 Å². The lowest BCUT2D eigenvalue weighted by molar-refractivity contribution is 0.768. The predicted octanol–water partition coefficient (Wildman–Crippen LogP) is 8.38. The molecule has 0 amide bonds. The first-order valence-corrected chi connectivity index (χ1v) is 12.3. The van der Waals surface area contributed by atoms with Crippen LogP contribution in [0.25, 0.3) is 21.9 Å². The molecule has 36 heavy (non-hydrogen) atoms. The highest BCUT2D eigenvalue weighted by molar-refractivity contribution is 6.04. The summed E-state index contributed by atoms with van der Waals surface area (Å²) in [6, 6.07) is 44.0. The number of hydrogen-bond acceptors (Lipinski definition) is 1. The smallest absolute Gasteiger partial charge is 0.0988 e. The average Bonchev–Trinajstić information content (AvgIpc) is 3.25. The van der Waals surface area contributed by atoms with Crippen LogP contribution in [0.5, 0.6) is 0 Å². The number of fused-ring (bicyclic) bond motifs is 5. The molecule has 0 radical (unpaired) electrons. The van der Waals surface area contributed by atoms with Gasteiger partial charge in [-0.15, -0.1) is 0 Å². The first-order chi connectivity index (χ1) is 17.8. The number of nitriles is 1. The molecule has 1 heteroatoms. The Balaban J connectivity index is 1.72. The van der Waals surface area contributed by atoms with Crippen LogP contribution in [0.2, 0.25) is 0 Å². The topological polar surface area (TPSA) is 23.8 Å². The summed E-state index contributed by atoms with van der Waals surface area (Å²) in [4.78, 5) is 0. The molecule has 0 spiro atoms. The van der Waals surface area contributed by atoms with Crippen molar-refractivity contribution in [3.63, 3.8) is 0 Å². The third kappa shape index (κ3) is 3.23. The number of rotatable bonds is 5. The molecule has 0 atom stereocenters. The molecule has 5 aromatic rings. The molecule has 0 saturated carbocycles. The number of benzene rings is 5. The van der Waals surface area contributed by atoms with E-state index in [1.807, 2.05) is 6.08 Å². The second kappa shape index (κ2) is 8.84. The molecule has 0 aromatic heterocycles. The van der Waals surface area contributed by atoms with Gasteiger partial charge in [0.05, 0.1) is 11.5 Å². The lowest BCUT2D eigenvalue weighted by Crippen LogP contribution is -2.28. The predicted molar refractivity (Wildman–Crippen MR) is 149 cm³/mol. The Kier molecular flexibility index (Phi) is 5.36. The molecule has 0 N–H and O–H groups in total. The van der Waals surface area contributed by atoms with Crippen molar-refractivity contribution in [3.05, 3.63) is 167 Å². The Hall–Kier alpha value is -4.67. The molecule has 1 nitrogen and oxygen atoms in total. The monoisotopic (exact) mass is 459 g/mol. The number of nitrogens with zero attached hydrogens (tertiary/aromatic N) is 1. The Morgan fingerprint density at radius 2 is 1.39 bits per heavy atom. The maximum absolute atomic E-state index is 9.34. The van der Waals surface area contributed by atoms with Crippen LogP contribution < -0.4 is 0 Å². The summed E-state index contributed by atoms with van der Waals surface area (Å²) in [7, 11) is 0. The zero-order chi connectivity index (χ0) is 24.5. The van der Waals surface area contributed by atoms with Gasteiger partial charge in [0.1, 0.15) is 0 Å². The fraction of sp³-hybridized carbons (Fsp3) is 0.0571. The summed E-state index contributed by atoms with van der Waals surface area (Å²) in [5.74, 6) is 0. The summed E-state index contributed by atoms with van der Waals surface area (Å²) >= 11 is 0. The standard InChI is InChI=1S/C35H25N/c1-2-25(24-36)17-18-26-19-21-32-31(23-26)34-30-16-10-9-11-27(30)20-22-33(34)35(32,28-12-5-3-6-13-28)29-14-7-4-8-15-29/h2-17,19-23H,1,18H2/b25-17+. The fourth-order valence-electron chi connectivity index (χ4n) is 5.84. The summed E-state index contributed by atoms with van der Waals surface area (Å²) in [5, 5.41) is 11.8. The Morgan fingerprint density at radius 1 is 0.750 bits per heavy atom. The van der Waals surface area contributed by atoms with Crippen LogP contribution in [-0.4, -0.2) is 0 Å². The molecule has 0 heterocycles. The van der Waals surface area contributed by atoms with Crippen molar-refractivity contribution in [2.24, 2.45) is 0 Å². The highest BCUT2D eigenvalue weighted by Crippen LogP contribution is 2.57. The van der Waals surface area contributed by atoms with Crippen molar-refractivity contribution >= 4 is 10.8 Å². The van der Waals surface area contributed by atoms with Crippen LogP contribution >= 0.6 is 0 Å². The van der Waals surface area contributed by atoms with Gasteiger partial charge in [0.25, 0.3) is 0 Å². The van der Waals surface area contributed by atoms with E-state index >= 15 is 0 Å². The first kappa shape index (κ1) is 21.8. The van der Waals surface area contributed by atoms with Crippen molar-refractivity contribution < 1.29 is 0 Å². The highest BCUT2D eigenvalue weighted by Gasteiger charge is 2.46. The average molecular weight is 460 g/mol. The zero-order valence-electron chi connectivity index (χ0n) is 20.0. The molecule has 0 bridgehead atoms. The van der Waals surface area contributed by atoms with Gasteiger partial charge in [-0.25, -0.2) is 0 Å². The van der Waals surface area contributed by atoms with E-state index < -0.39 is 5.41 Å². The second-order valence-corrected chi connectivity index (χ2v) is 9.25. The zero-order valence-corrected chi connectivity index (χ0v) is 20.0. The molecule has 0 fully saturated rings. The molecule has 6 rings (SSSR count). The van der Waals surface area contributed by atoms with E-state index in [0.717, 1.165) is 0 Å². The van der Waals surface area contributed by atoms with Gasteiger partial charge in [-0.2, -0.15) is 5.26 Å². The van der Waals surface area contributed by atoms with Crippen LogP contribution in [0.15, 0.2) is 140 Å². The minimum atomic E-state index is -0.412. The summed E-state index contributed by atoms with van der Waals surface area (Å²) < 4.78 is 0. The van der Waals surface area contributed by atoms with Crippen molar-refractivity contribution in [1.82, 2.24) is 0 Å². The quantitative estimate of drug-likeness (QED) is 0.188. The van der Waals surface area contributed by atoms with Gasteiger partial charge in [-0.05, 0) is 56.1 Å². The SMILES string of the molecule is C=C/C(C#N)=C\Cc1ccc2c(c1)-c1c(ccc3ccccc13)C2(c1ccccc1)c1ccccc1. The largest absolute Gasteiger partial charge is 0.192 e. The minimum Gasteiger partial charge on any atom is -0.192 e. The first-order valence-electron chi connectivity index (χ1n) is 12.3. The van der Waals surface area contributed by atoms with Gasteiger partial charge in [-0.3, -0.25) is 0 Å². The second-order valence-electron chi connectivity index (χ2n) is 9.25. The van der Waals surface area contributed by atoms with Gasteiger partial charge < -0.3 is 0 Å². The number of hydrogen-bond donors (Lipinski definition) is 0. The lowest BCUT2D eigenvalue weighted by atomic mass is 9.67. The van der Waals surface area contributed by atoms with Crippen LogP contribution in [0.3, 0.4) is 0 Å². The van der Waals surface area contributed by atoms with Gasteiger partial charge >= 0.3 is 0 Å². The molecule has 0 aliphatic heterocycles. The Labute approximate surface area is 212 Å². The Bertz CT molecular complexity index is 1630. The number of allylic oxidation sites excluding steroid dienone is 3. The van der Waals surface area contributed by atoms with Crippen LogP contribution in [-0.2, 0) is 11.8 Å². The molecule has 5 aromatic carbocycles. The normalized spacial score (nSPS) is 13.6. The Morgan fingerprint density at radius 3 is 2.06 bits per heavy atom. The summed E-state index contributed by atoms with van der Waals surface area (Å²) in [6.45, 7) is 3.76. The van der Waals surface area contributed by atoms with Gasteiger partial charge in [0, 0.05) is 5.57 Å². The minimum absolute atomic E-state index is 0.412. The van der Waals surface area contributed by atoms with Crippen molar-refractivity contribution in [2.45, 2.75) is 11.8 Å². The van der Waals surface area contributed by atoms with Gasteiger partial charge in [-0.1, -0.05) is 134 Å². The van der Waals surface area contributed by atoms with E-state index in [2.05, 4.69) is 128 Å². The molecular formula is C35H25N. The van der Waals surface area contributed by atoms with Crippen LogP contribution in [0.1, 0.15) is 27.8 Å². The highest BCUT2D eigenvalue weighted by atomic mass is 14.5. The van der Waals surface area contributed by atoms with E-state index in [4.69, 9.17) is 0 Å². The van der Waals surface area contributed by atoms with Crippen molar-refractivity contribution in [2.75, 3.05) is 0 Å². The third-order valence-electron chi connectivity index (χ3n) is 7.41. The summed E-state index contributed by atoms with van der Waals surface area (Å²) in [5.41, 5.74) is 9.06.